The van der Waals surface area contributed by atoms with Crippen LogP contribution in [0.5, 0.6) is 0 Å². The van der Waals surface area contributed by atoms with E-state index in [0.717, 1.165) is 19.3 Å². The zero-order valence-electron chi connectivity index (χ0n) is 12.0. The molecule has 1 aliphatic rings. The molecule has 1 aromatic carbocycles. The minimum absolute atomic E-state index is 0.0463. The van der Waals surface area contributed by atoms with Crippen LogP contribution in [-0.4, -0.2) is 12.7 Å². The van der Waals surface area contributed by atoms with Gasteiger partial charge in [-0.2, -0.15) is 0 Å². The SMILES string of the molecule is COC1(CC(N)c2cc(C)c(C)cc2C)CCC1. The standard InChI is InChI=1S/C16H25NO/c1-11-8-13(3)14(9-12(11)2)15(17)10-16(18-4)6-5-7-16/h8-9,15H,5-7,10,17H2,1-4H3. The van der Waals surface area contributed by atoms with Crippen molar-refractivity contribution in [3.05, 3.63) is 34.4 Å². The Morgan fingerprint density at radius 3 is 2.28 bits per heavy atom. The lowest BCUT2D eigenvalue weighted by atomic mass is 9.74. The summed E-state index contributed by atoms with van der Waals surface area (Å²) in [6, 6.07) is 4.58. The van der Waals surface area contributed by atoms with Crippen molar-refractivity contribution in [1.82, 2.24) is 0 Å². The van der Waals surface area contributed by atoms with Gasteiger partial charge < -0.3 is 10.5 Å². The Hall–Kier alpha value is -0.860. The average molecular weight is 247 g/mol. The fourth-order valence-electron chi connectivity index (χ4n) is 2.96. The quantitative estimate of drug-likeness (QED) is 0.882. The highest BCUT2D eigenvalue weighted by atomic mass is 16.5. The second-order valence-electron chi connectivity index (χ2n) is 5.84. The lowest BCUT2D eigenvalue weighted by Crippen LogP contribution is -2.42. The summed E-state index contributed by atoms with van der Waals surface area (Å²) < 4.78 is 5.68. The van der Waals surface area contributed by atoms with E-state index in [-0.39, 0.29) is 11.6 Å². The molecule has 1 fully saturated rings. The maximum atomic E-state index is 6.41. The minimum Gasteiger partial charge on any atom is -0.378 e. The summed E-state index contributed by atoms with van der Waals surface area (Å²) in [6.07, 6.45) is 4.52. The molecular weight excluding hydrogens is 222 g/mol. The monoisotopic (exact) mass is 247 g/mol. The van der Waals surface area contributed by atoms with E-state index < -0.39 is 0 Å². The molecule has 2 N–H and O–H groups in total. The Morgan fingerprint density at radius 2 is 1.78 bits per heavy atom. The zero-order valence-corrected chi connectivity index (χ0v) is 12.0. The van der Waals surface area contributed by atoms with Crippen molar-refractivity contribution in [3.8, 4) is 0 Å². The summed E-state index contributed by atoms with van der Waals surface area (Å²) in [5, 5.41) is 0. The van der Waals surface area contributed by atoms with Crippen LogP contribution in [0.1, 0.15) is 54.0 Å². The van der Waals surface area contributed by atoms with Gasteiger partial charge >= 0.3 is 0 Å². The molecular formula is C16H25NO. The lowest BCUT2D eigenvalue weighted by molar-refractivity contribution is -0.0817. The molecule has 0 bridgehead atoms. The van der Waals surface area contributed by atoms with Crippen molar-refractivity contribution in [1.29, 1.82) is 0 Å². The van der Waals surface area contributed by atoms with Gasteiger partial charge in [-0.25, -0.2) is 0 Å². The number of hydrogen-bond acceptors (Lipinski definition) is 2. The molecule has 0 heterocycles. The maximum absolute atomic E-state index is 6.41. The van der Waals surface area contributed by atoms with E-state index in [9.17, 15) is 0 Å². The summed E-state index contributed by atoms with van der Waals surface area (Å²) >= 11 is 0. The van der Waals surface area contributed by atoms with Gasteiger partial charge in [0, 0.05) is 13.2 Å². The first-order valence-corrected chi connectivity index (χ1v) is 6.86. The average Bonchev–Trinajstić information content (AvgIpc) is 2.28. The van der Waals surface area contributed by atoms with Crippen LogP contribution in [0.4, 0.5) is 0 Å². The smallest absolute Gasteiger partial charge is 0.0696 e. The van der Waals surface area contributed by atoms with Crippen LogP contribution in [0.2, 0.25) is 0 Å². The van der Waals surface area contributed by atoms with E-state index in [1.165, 1.54) is 28.7 Å². The third kappa shape index (κ3) is 2.45. The molecule has 18 heavy (non-hydrogen) atoms. The normalized spacial score (nSPS) is 19.4. The molecule has 2 nitrogen and oxygen atoms in total. The molecule has 0 saturated heterocycles. The molecule has 1 atom stereocenters. The molecule has 1 aromatic rings. The molecule has 2 heteroatoms. The fraction of sp³-hybridized carbons (Fsp3) is 0.625. The molecule has 2 rings (SSSR count). The number of benzene rings is 1. The van der Waals surface area contributed by atoms with Crippen molar-refractivity contribution in [2.24, 2.45) is 5.73 Å². The van der Waals surface area contributed by atoms with Crippen LogP contribution in [0.25, 0.3) is 0 Å². The molecule has 0 amide bonds. The molecule has 1 aliphatic carbocycles. The van der Waals surface area contributed by atoms with Gasteiger partial charge in [-0.15, -0.1) is 0 Å². The van der Waals surface area contributed by atoms with Crippen molar-refractivity contribution in [2.45, 2.75) is 58.1 Å². The highest BCUT2D eigenvalue weighted by Gasteiger charge is 2.38. The van der Waals surface area contributed by atoms with Crippen LogP contribution in [0.3, 0.4) is 0 Å². The molecule has 100 valence electrons. The van der Waals surface area contributed by atoms with E-state index in [1.807, 2.05) is 7.11 Å². The number of rotatable bonds is 4. The summed E-state index contributed by atoms with van der Waals surface area (Å²) in [4.78, 5) is 0. The van der Waals surface area contributed by atoms with Gasteiger partial charge in [0.05, 0.1) is 5.60 Å². The second-order valence-corrected chi connectivity index (χ2v) is 5.84. The highest BCUT2D eigenvalue weighted by molar-refractivity contribution is 5.38. The Kier molecular flexibility index (Phi) is 3.79. The number of ether oxygens (including phenoxy) is 1. The van der Waals surface area contributed by atoms with Gasteiger partial charge in [0.2, 0.25) is 0 Å². The zero-order chi connectivity index (χ0) is 13.3. The number of hydrogen-bond donors (Lipinski definition) is 1. The van der Waals surface area contributed by atoms with Gasteiger partial charge in [-0.3, -0.25) is 0 Å². The van der Waals surface area contributed by atoms with Gasteiger partial charge in [0.1, 0.15) is 0 Å². The number of aryl methyl sites for hydroxylation is 3. The third-order valence-corrected chi connectivity index (χ3v) is 4.57. The van der Waals surface area contributed by atoms with Gasteiger partial charge in [0.25, 0.3) is 0 Å². The van der Waals surface area contributed by atoms with Crippen molar-refractivity contribution in [2.75, 3.05) is 7.11 Å². The maximum Gasteiger partial charge on any atom is 0.0696 e. The van der Waals surface area contributed by atoms with Crippen molar-refractivity contribution >= 4 is 0 Å². The van der Waals surface area contributed by atoms with Gasteiger partial charge in [0.15, 0.2) is 0 Å². The first kappa shape index (κ1) is 13.6. The molecule has 0 radical (unpaired) electrons. The van der Waals surface area contributed by atoms with Crippen LogP contribution in [0, 0.1) is 20.8 Å². The van der Waals surface area contributed by atoms with Crippen LogP contribution in [-0.2, 0) is 4.74 Å². The summed E-state index contributed by atoms with van der Waals surface area (Å²) in [6.45, 7) is 6.46. The topological polar surface area (TPSA) is 35.2 Å². The second kappa shape index (κ2) is 5.02. The van der Waals surface area contributed by atoms with Crippen LogP contribution < -0.4 is 5.73 Å². The van der Waals surface area contributed by atoms with E-state index in [4.69, 9.17) is 10.5 Å². The predicted molar refractivity (Wildman–Crippen MR) is 75.8 cm³/mol. The molecule has 1 unspecified atom stereocenters. The van der Waals surface area contributed by atoms with E-state index in [0.29, 0.717) is 0 Å². The molecule has 0 aliphatic heterocycles. The highest BCUT2D eigenvalue weighted by Crippen LogP contribution is 2.41. The fourth-order valence-corrected chi connectivity index (χ4v) is 2.96. The van der Waals surface area contributed by atoms with Crippen LogP contribution >= 0.6 is 0 Å². The number of nitrogens with two attached hydrogens (primary N) is 1. The summed E-state index contributed by atoms with van der Waals surface area (Å²) in [5.74, 6) is 0. The minimum atomic E-state index is 0.0463. The first-order valence-electron chi connectivity index (χ1n) is 6.86. The van der Waals surface area contributed by atoms with Crippen molar-refractivity contribution < 1.29 is 4.74 Å². The number of methoxy groups -OCH3 is 1. The van der Waals surface area contributed by atoms with Gasteiger partial charge in [-0.05, 0) is 68.7 Å². The van der Waals surface area contributed by atoms with E-state index >= 15 is 0 Å². The summed E-state index contributed by atoms with van der Waals surface area (Å²) in [5.41, 5.74) is 11.7. The molecule has 1 saturated carbocycles. The Balaban J connectivity index is 2.18. The predicted octanol–water partition coefficient (Wildman–Crippen LogP) is 3.57. The van der Waals surface area contributed by atoms with E-state index in [2.05, 4.69) is 32.9 Å². The van der Waals surface area contributed by atoms with Gasteiger partial charge in [-0.1, -0.05) is 12.1 Å². The summed E-state index contributed by atoms with van der Waals surface area (Å²) in [7, 11) is 1.82. The molecule has 0 aromatic heterocycles. The Bertz CT molecular complexity index is 429. The van der Waals surface area contributed by atoms with Crippen molar-refractivity contribution in [3.63, 3.8) is 0 Å². The Morgan fingerprint density at radius 1 is 1.17 bits per heavy atom. The Labute approximate surface area is 111 Å². The third-order valence-electron chi connectivity index (χ3n) is 4.57. The molecule has 0 spiro atoms. The largest absolute Gasteiger partial charge is 0.378 e. The lowest BCUT2D eigenvalue weighted by Gasteiger charge is -2.42. The van der Waals surface area contributed by atoms with E-state index in [1.54, 1.807) is 0 Å². The van der Waals surface area contributed by atoms with Crippen LogP contribution in [0.15, 0.2) is 12.1 Å². The first-order chi connectivity index (χ1) is 8.47.